The molecule has 0 unspecified atom stereocenters. The van der Waals surface area contributed by atoms with Crippen LogP contribution in [-0.4, -0.2) is 67.2 Å². The molecule has 1 aliphatic heterocycles. The molecule has 1 aliphatic rings. The Kier molecular flexibility index (Phi) is 8.17. The highest BCUT2D eigenvalue weighted by Crippen LogP contribution is 2.28. The number of hydrogen-bond acceptors (Lipinski definition) is 9. The molecule has 1 heterocycles. The topological polar surface area (TPSA) is 134 Å². The Morgan fingerprint density at radius 1 is 0.923 bits per heavy atom. The van der Waals surface area contributed by atoms with Gasteiger partial charge in [-0.25, -0.2) is 0 Å². The van der Waals surface area contributed by atoms with E-state index in [4.69, 9.17) is 18.9 Å². The fourth-order valence-corrected chi connectivity index (χ4v) is 2.72. The van der Waals surface area contributed by atoms with Crippen molar-refractivity contribution in [1.82, 2.24) is 5.32 Å². The maximum Gasteiger partial charge on any atom is 0.303 e. The third-order valence-corrected chi connectivity index (χ3v) is 3.55. The van der Waals surface area contributed by atoms with E-state index in [0.717, 1.165) is 13.8 Å². The molecule has 0 saturated carbocycles. The van der Waals surface area contributed by atoms with E-state index in [0.29, 0.717) is 6.29 Å². The van der Waals surface area contributed by atoms with Gasteiger partial charge >= 0.3 is 17.9 Å². The van der Waals surface area contributed by atoms with Gasteiger partial charge < -0.3 is 29.1 Å². The molecule has 1 saturated heterocycles. The van der Waals surface area contributed by atoms with Gasteiger partial charge in [-0.05, 0) is 0 Å². The van der Waals surface area contributed by atoms with E-state index in [2.05, 4.69) is 5.32 Å². The zero-order valence-corrected chi connectivity index (χ0v) is 15.1. The number of amides is 1. The summed E-state index contributed by atoms with van der Waals surface area (Å²) in [4.78, 5) is 56.7. The van der Waals surface area contributed by atoms with E-state index in [1.807, 2.05) is 0 Å². The normalized spacial score (nSPS) is 27.8. The molecular formula is C16H23NO9. The average Bonchev–Trinajstić information content (AvgIpc) is 2.50. The minimum atomic E-state index is -1.14. The van der Waals surface area contributed by atoms with E-state index >= 15 is 0 Å². The first-order valence-electron chi connectivity index (χ1n) is 7.99. The summed E-state index contributed by atoms with van der Waals surface area (Å²) in [6.07, 6.45) is -3.66. The Bertz CT molecular complexity index is 562. The summed E-state index contributed by atoms with van der Waals surface area (Å²) >= 11 is 0. The van der Waals surface area contributed by atoms with Crippen LogP contribution in [0.3, 0.4) is 0 Å². The zero-order chi connectivity index (χ0) is 19.9. The molecule has 1 rings (SSSR count). The summed E-state index contributed by atoms with van der Waals surface area (Å²) in [6, 6.07) is -0.931. The Hall–Kier alpha value is -2.49. The Morgan fingerprint density at radius 3 is 1.96 bits per heavy atom. The first-order chi connectivity index (χ1) is 12.1. The number of carbonyl (C=O) groups is 5. The molecule has 26 heavy (non-hydrogen) atoms. The van der Waals surface area contributed by atoms with Gasteiger partial charge in [0.2, 0.25) is 5.91 Å². The standard InChI is InChI=1S/C16H23NO9/c1-8(19)17-14-12(5-6-18)26-13(7-23-9(2)20)15(24-10(3)21)16(14)25-11(4)22/h6,12-16H,5,7H2,1-4H3,(H,17,19)/t12-,13-,14+,15+,16-/m1/s1. The van der Waals surface area contributed by atoms with E-state index in [9.17, 15) is 24.0 Å². The number of aldehydes is 1. The third-order valence-electron chi connectivity index (χ3n) is 3.55. The van der Waals surface area contributed by atoms with Crippen LogP contribution in [0.4, 0.5) is 0 Å². The van der Waals surface area contributed by atoms with Gasteiger partial charge in [0, 0.05) is 34.1 Å². The second-order valence-corrected chi connectivity index (χ2v) is 5.79. The minimum absolute atomic E-state index is 0.119. The predicted octanol–water partition coefficient (Wildman–Crippen LogP) is -0.726. The summed E-state index contributed by atoms with van der Waals surface area (Å²) in [7, 11) is 0. The van der Waals surface area contributed by atoms with Gasteiger partial charge in [0.1, 0.15) is 19.0 Å². The molecule has 146 valence electrons. The summed E-state index contributed by atoms with van der Waals surface area (Å²) in [5.41, 5.74) is 0. The van der Waals surface area contributed by atoms with E-state index in [1.165, 1.54) is 13.8 Å². The summed E-state index contributed by atoms with van der Waals surface area (Å²) in [6.45, 7) is 4.46. The summed E-state index contributed by atoms with van der Waals surface area (Å²) in [5.74, 6) is -2.40. The van der Waals surface area contributed by atoms with Gasteiger partial charge in [-0.15, -0.1) is 0 Å². The van der Waals surface area contributed by atoms with Crippen molar-refractivity contribution < 1.29 is 42.9 Å². The van der Waals surface area contributed by atoms with Crippen molar-refractivity contribution in [2.24, 2.45) is 0 Å². The van der Waals surface area contributed by atoms with Crippen LogP contribution in [0.2, 0.25) is 0 Å². The molecule has 10 nitrogen and oxygen atoms in total. The van der Waals surface area contributed by atoms with Crippen LogP contribution in [0.25, 0.3) is 0 Å². The maximum atomic E-state index is 11.5. The van der Waals surface area contributed by atoms with Crippen molar-refractivity contribution in [2.75, 3.05) is 6.61 Å². The highest BCUT2D eigenvalue weighted by Gasteiger charge is 2.50. The molecule has 5 atom stereocenters. The van der Waals surface area contributed by atoms with E-state index in [1.54, 1.807) is 0 Å². The lowest BCUT2D eigenvalue weighted by molar-refractivity contribution is -0.223. The molecule has 0 aromatic carbocycles. The molecule has 1 fully saturated rings. The Balaban J connectivity index is 3.24. The van der Waals surface area contributed by atoms with Gasteiger partial charge in [0.05, 0.1) is 12.1 Å². The Morgan fingerprint density at radius 2 is 1.50 bits per heavy atom. The zero-order valence-electron chi connectivity index (χ0n) is 15.1. The molecule has 10 heteroatoms. The number of hydrogen-bond donors (Lipinski definition) is 1. The monoisotopic (exact) mass is 373 g/mol. The van der Waals surface area contributed by atoms with Crippen molar-refractivity contribution in [1.29, 1.82) is 0 Å². The van der Waals surface area contributed by atoms with Gasteiger partial charge in [-0.3, -0.25) is 19.2 Å². The van der Waals surface area contributed by atoms with Crippen molar-refractivity contribution in [3.8, 4) is 0 Å². The van der Waals surface area contributed by atoms with E-state index < -0.39 is 54.3 Å². The molecule has 0 aromatic rings. The lowest BCUT2D eigenvalue weighted by atomic mass is 9.90. The van der Waals surface area contributed by atoms with Gasteiger partial charge in [-0.1, -0.05) is 0 Å². The van der Waals surface area contributed by atoms with Crippen LogP contribution < -0.4 is 5.32 Å². The molecule has 0 bridgehead atoms. The van der Waals surface area contributed by atoms with Crippen LogP contribution >= 0.6 is 0 Å². The lowest BCUT2D eigenvalue weighted by Gasteiger charge is -2.45. The van der Waals surface area contributed by atoms with Crippen LogP contribution in [0.1, 0.15) is 34.1 Å². The highest BCUT2D eigenvalue weighted by atomic mass is 16.6. The lowest BCUT2D eigenvalue weighted by Crippen LogP contribution is -2.66. The fraction of sp³-hybridized carbons (Fsp3) is 0.688. The van der Waals surface area contributed by atoms with Gasteiger partial charge in [-0.2, -0.15) is 0 Å². The van der Waals surface area contributed by atoms with Crippen molar-refractivity contribution >= 4 is 30.1 Å². The third kappa shape index (κ3) is 6.43. The average molecular weight is 373 g/mol. The van der Waals surface area contributed by atoms with Crippen LogP contribution in [0.5, 0.6) is 0 Å². The van der Waals surface area contributed by atoms with Gasteiger partial charge in [0.15, 0.2) is 12.2 Å². The second kappa shape index (κ2) is 9.85. The molecule has 1 amide bonds. The first kappa shape index (κ1) is 21.6. The Labute approximate surface area is 150 Å². The summed E-state index contributed by atoms with van der Waals surface area (Å²) < 4.78 is 21.1. The fourth-order valence-electron chi connectivity index (χ4n) is 2.72. The van der Waals surface area contributed by atoms with E-state index in [-0.39, 0.29) is 13.0 Å². The molecule has 0 aromatic heterocycles. The van der Waals surface area contributed by atoms with Crippen molar-refractivity contribution in [3.05, 3.63) is 0 Å². The molecule has 1 N–H and O–H groups in total. The van der Waals surface area contributed by atoms with Crippen molar-refractivity contribution in [3.63, 3.8) is 0 Å². The largest absolute Gasteiger partial charge is 0.463 e. The molecular weight excluding hydrogens is 350 g/mol. The quantitative estimate of drug-likeness (QED) is 0.348. The van der Waals surface area contributed by atoms with Crippen LogP contribution in [0, 0.1) is 0 Å². The van der Waals surface area contributed by atoms with Crippen molar-refractivity contribution in [2.45, 2.75) is 64.6 Å². The number of rotatable bonds is 7. The molecule has 0 spiro atoms. The van der Waals surface area contributed by atoms with Crippen LogP contribution in [0.15, 0.2) is 0 Å². The van der Waals surface area contributed by atoms with Gasteiger partial charge in [0.25, 0.3) is 0 Å². The maximum absolute atomic E-state index is 11.5. The number of carbonyl (C=O) groups excluding carboxylic acids is 5. The molecule has 0 radical (unpaired) electrons. The number of nitrogens with one attached hydrogen (secondary N) is 1. The highest BCUT2D eigenvalue weighted by molar-refractivity contribution is 5.74. The minimum Gasteiger partial charge on any atom is -0.463 e. The SMILES string of the molecule is CC(=O)N[C@@H]1[C@@H](OC(C)=O)[C@@H](OC(C)=O)[C@@H](COC(C)=O)O[C@@H]1CC=O. The smallest absolute Gasteiger partial charge is 0.303 e. The first-order valence-corrected chi connectivity index (χ1v) is 7.99. The molecule has 0 aliphatic carbocycles. The van der Waals surface area contributed by atoms with Crippen LogP contribution in [-0.2, 0) is 42.9 Å². The number of esters is 3. The summed E-state index contributed by atoms with van der Waals surface area (Å²) in [5, 5.41) is 2.56. The number of ether oxygens (including phenoxy) is 4. The second-order valence-electron chi connectivity index (χ2n) is 5.79. The predicted molar refractivity (Wildman–Crippen MR) is 84.7 cm³/mol.